The molecule has 1 aromatic heterocycles. The average molecular weight is 211 g/mol. The molecule has 0 aliphatic rings. The van der Waals surface area contributed by atoms with E-state index in [-0.39, 0.29) is 5.56 Å². The summed E-state index contributed by atoms with van der Waals surface area (Å²) in [6, 6.07) is 13.0. The molecular formula is C14H13NO. The molecule has 0 amide bonds. The standard InChI is InChI=1S/C14H13NO/c1-2-6-12-9-10-14(16)15(11-12)13-7-4-3-5-8-13/h2-11H,1H3. The van der Waals surface area contributed by atoms with Gasteiger partial charge in [-0.1, -0.05) is 30.4 Å². The van der Waals surface area contributed by atoms with Crippen LogP contribution in [-0.4, -0.2) is 4.57 Å². The van der Waals surface area contributed by atoms with E-state index in [0.29, 0.717) is 0 Å². The van der Waals surface area contributed by atoms with Gasteiger partial charge >= 0.3 is 0 Å². The Kier molecular flexibility index (Phi) is 3.01. The first kappa shape index (κ1) is 10.4. The van der Waals surface area contributed by atoms with E-state index in [1.165, 1.54) is 0 Å². The highest BCUT2D eigenvalue weighted by molar-refractivity contribution is 5.48. The van der Waals surface area contributed by atoms with Gasteiger partial charge in [-0.15, -0.1) is 0 Å². The van der Waals surface area contributed by atoms with Crippen LogP contribution in [0.2, 0.25) is 0 Å². The van der Waals surface area contributed by atoms with E-state index < -0.39 is 0 Å². The highest BCUT2D eigenvalue weighted by Crippen LogP contribution is 2.06. The van der Waals surface area contributed by atoms with E-state index in [4.69, 9.17) is 0 Å². The molecule has 0 N–H and O–H groups in total. The van der Waals surface area contributed by atoms with Gasteiger partial charge in [0.05, 0.1) is 0 Å². The second-order valence-electron chi connectivity index (χ2n) is 3.51. The number of aromatic nitrogens is 1. The lowest BCUT2D eigenvalue weighted by Crippen LogP contribution is -2.16. The molecule has 0 aliphatic carbocycles. The fraction of sp³-hybridized carbons (Fsp3) is 0.0714. The van der Waals surface area contributed by atoms with E-state index in [1.807, 2.05) is 61.7 Å². The Balaban J connectivity index is 2.56. The van der Waals surface area contributed by atoms with Crippen LogP contribution in [0.25, 0.3) is 11.8 Å². The van der Waals surface area contributed by atoms with Crippen LogP contribution in [0, 0.1) is 0 Å². The molecule has 2 heteroatoms. The van der Waals surface area contributed by atoms with Crippen molar-refractivity contribution in [3.05, 3.63) is 70.7 Å². The zero-order valence-corrected chi connectivity index (χ0v) is 9.13. The van der Waals surface area contributed by atoms with Gasteiger partial charge in [0.2, 0.25) is 0 Å². The fourth-order valence-electron chi connectivity index (χ4n) is 1.58. The molecule has 1 aromatic carbocycles. The normalized spacial score (nSPS) is 10.8. The summed E-state index contributed by atoms with van der Waals surface area (Å²) in [6.07, 6.45) is 5.77. The number of hydrogen-bond acceptors (Lipinski definition) is 1. The van der Waals surface area contributed by atoms with Gasteiger partial charge in [0.15, 0.2) is 0 Å². The summed E-state index contributed by atoms with van der Waals surface area (Å²) in [5.41, 5.74) is 1.89. The van der Waals surface area contributed by atoms with Gasteiger partial charge in [-0.2, -0.15) is 0 Å². The van der Waals surface area contributed by atoms with Crippen molar-refractivity contribution >= 4 is 6.08 Å². The molecule has 0 unspecified atom stereocenters. The fourth-order valence-corrected chi connectivity index (χ4v) is 1.58. The Morgan fingerprint density at radius 2 is 1.81 bits per heavy atom. The molecule has 2 rings (SSSR count). The van der Waals surface area contributed by atoms with Gasteiger partial charge in [-0.3, -0.25) is 9.36 Å². The second kappa shape index (κ2) is 4.62. The van der Waals surface area contributed by atoms with Crippen LogP contribution in [0.3, 0.4) is 0 Å². The highest BCUT2D eigenvalue weighted by Gasteiger charge is 1.98. The van der Waals surface area contributed by atoms with E-state index >= 15 is 0 Å². The summed E-state index contributed by atoms with van der Waals surface area (Å²) in [6.45, 7) is 1.96. The summed E-state index contributed by atoms with van der Waals surface area (Å²) >= 11 is 0. The molecule has 2 nitrogen and oxygen atoms in total. The largest absolute Gasteiger partial charge is 0.284 e. The minimum atomic E-state index is -0.0144. The molecule has 0 atom stereocenters. The molecule has 80 valence electrons. The van der Waals surface area contributed by atoms with Crippen molar-refractivity contribution in [1.29, 1.82) is 0 Å². The van der Waals surface area contributed by atoms with Gasteiger partial charge in [-0.05, 0) is 30.7 Å². The topological polar surface area (TPSA) is 22.0 Å². The first-order chi connectivity index (χ1) is 7.81. The summed E-state index contributed by atoms with van der Waals surface area (Å²) in [5.74, 6) is 0. The first-order valence-corrected chi connectivity index (χ1v) is 5.22. The van der Waals surface area contributed by atoms with Crippen molar-refractivity contribution < 1.29 is 0 Å². The Labute approximate surface area is 94.5 Å². The zero-order valence-electron chi connectivity index (χ0n) is 9.13. The average Bonchev–Trinajstić information content (AvgIpc) is 2.33. The number of benzene rings is 1. The minimum Gasteiger partial charge on any atom is -0.284 e. The molecule has 1 heterocycles. The van der Waals surface area contributed by atoms with Gasteiger partial charge in [0.25, 0.3) is 5.56 Å². The maximum absolute atomic E-state index is 11.7. The lowest BCUT2D eigenvalue weighted by Gasteiger charge is -2.05. The molecule has 0 radical (unpaired) electrons. The third kappa shape index (κ3) is 2.11. The number of pyridine rings is 1. The van der Waals surface area contributed by atoms with Gasteiger partial charge < -0.3 is 0 Å². The van der Waals surface area contributed by atoms with Crippen LogP contribution in [0.1, 0.15) is 12.5 Å². The van der Waals surface area contributed by atoms with Crippen LogP contribution in [0.4, 0.5) is 0 Å². The van der Waals surface area contributed by atoms with Crippen LogP contribution in [0.5, 0.6) is 0 Å². The van der Waals surface area contributed by atoms with E-state index in [9.17, 15) is 4.79 Å². The van der Waals surface area contributed by atoms with Crippen LogP contribution >= 0.6 is 0 Å². The first-order valence-electron chi connectivity index (χ1n) is 5.22. The maximum atomic E-state index is 11.7. The number of rotatable bonds is 2. The van der Waals surface area contributed by atoms with Crippen molar-refractivity contribution in [2.45, 2.75) is 6.92 Å². The molecule has 0 saturated carbocycles. The summed E-state index contributed by atoms with van der Waals surface area (Å²) < 4.78 is 1.65. The van der Waals surface area contributed by atoms with Crippen LogP contribution in [0.15, 0.2) is 59.5 Å². The van der Waals surface area contributed by atoms with E-state index in [2.05, 4.69) is 0 Å². The summed E-state index contributed by atoms with van der Waals surface area (Å²) in [7, 11) is 0. The number of para-hydroxylation sites is 1. The van der Waals surface area contributed by atoms with E-state index in [0.717, 1.165) is 11.3 Å². The van der Waals surface area contributed by atoms with E-state index in [1.54, 1.807) is 10.6 Å². The van der Waals surface area contributed by atoms with Crippen LogP contribution in [-0.2, 0) is 0 Å². The number of hydrogen-bond donors (Lipinski definition) is 0. The molecule has 0 spiro atoms. The monoisotopic (exact) mass is 211 g/mol. The van der Waals surface area contributed by atoms with Crippen molar-refractivity contribution in [1.82, 2.24) is 4.57 Å². The van der Waals surface area contributed by atoms with Crippen molar-refractivity contribution in [3.8, 4) is 5.69 Å². The Morgan fingerprint density at radius 1 is 1.06 bits per heavy atom. The van der Waals surface area contributed by atoms with Crippen LogP contribution < -0.4 is 5.56 Å². The third-order valence-corrected chi connectivity index (χ3v) is 2.33. The summed E-state index contributed by atoms with van der Waals surface area (Å²) in [5, 5.41) is 0. The van der Waals surface area contributed by atoms with Gasteiger partial charge in [0.1, 0.15) is 0 Å². The predicted molar refractivity (Wildman–Crippen MR) is 66.7 cm³/mol. The Morgan fingerprint density at radius 3 is 2.50 bits per heavy atom. The lowest BCUT2D eigenvalue weighted by atomic mass is 10.2. The molecule has 16 heavy (non-hydrogen) atoms. The molecule has 0 aliphatic heterocycles. The lowest BCUT2D eigenvalue weighted by molar-refractivity contribution is 0.987. The molecule has 2 aromatic rings. The molecule has 0 saturated heterocycles. The molecule has 0 bridgehead atoms. The smallest absolute Gasteiger partial charge is 0.255 e. The number of nitrogens with zero attached hydrogens (tertiary/aromatic N) is 1. The van der Waals surface area contributed by atoms with Crippen molar-refractivity contribution in [3.63, 3.8) is 0 Å². The second-order valence-corrected chi connectivity index (χ2v) is 3.51. The minimum absolute atomic E-state index is 0.0144. The third-order valence-electron chi connectivity index (χ3n) is 2.33. The summed E-state index contributed by atoms with van der Waals surface area (Å²) in [4.78, 5) is 11.7. The predicted octanol–water partition coefficient (Wildman–Crippen LogP) is 2.87. The van der Waals surface area contributed by atoms with Crippen molar-refractivity contribution in [2.75, 3.05) is 0 Å². The SMILES string of the molecule is CC=Cc1ccc(=O)n(-c2ccccc2)c1. The zero-order chi connectivity index (χ0) is 11.4. The molecular weight excluding hydrogens is 198 g/mol. The van der Waals surface area contributed by atoms with Gasteiger partial charge in [-0.25, -0.2) is 0 Å². The maximum Gasteiger partial charge on any atom is 0.255 e. The van der Waals surface area contributed by atoms with Crippen molar-refractivity contribution in [2.24, 2.45) is 0 Å². The number of allylic oxidation sites excluding steroid dienone is 1. The quantitative estimate of drug-likeness (QED) is 0.748. The van der Waals surface area contributed by atoms with Gasteiger partial charge in [0, 0.05) is 18.0 Å². The highest BCUT2D eigenvalue weighted by atomic mass is 16.1. The Hall–Kier alpha value is -2.09. The molecule has 0 fully saturated rings. The Bertz CT molecular complexity index is 552.